The van der Waals surface area contributed by atoms with Gasteiger partial charge in [0.1, 0.15) is 5.76 Å². The Bertz CT molecular complexity index is 963. The average Bonchev–Trinajstić information content (AvgIpc) is 2.91. The molecule has 3 rings (SSSR count). The Morgan fingerprint density at radius 2 is 1.71 bits per heavy atom. The summed E-state index contributed by atoms with van der Waals surface area (Å²) in [5.74, 6) is -3.38. The number of aryl methyl sites for hydroxylation is 1. The molecule has 0 aliphatic carbocycles. The number of nitrogens with zero attached hydrogens (tertiary/aromatic N) is 1. The number of benzene rings is 2. The molecule has 1 saturated heterocycles. The number of hydrogen-bond donors (Lipinski definition) is 1. The van der Waals surface area contributed by atoms with E-state index in [9.17, 15) is 24.6 Å². The zero-order valence-electron chi connectivity index (χ0n) is 15.0. The molecule has 0 aromatic heterocycles. The van der Waals surface area contributed by atoms with Gasteiger partial charge in [0.15, 0.2) is 0 Å². The van der Waals surface area contributed by atoms with Crippen molar-refractivity contribution in [1.29, 1.82) is 0 Å². The minimum atomic E-state index is -1.34. The van der Waals surface area contributed by atoms with Crippen molar-refractivity contribution in [2.24, 2.45) is 0 Å². The molecule has 1 amide bonds. The van der Waals surface area contributed by atoms with Gasteiger partial charge in [0, 0.05) is 29.5 Å². The minimum Gasteiger partial charge on any atom is -0.550 e. The SMILES string of the molecule is Cc1ccc(C(O)=C2C(=O)C(=O)N(CCC(=O)[O-])[C@@H]2c2ccc(Cl)cc2)cc1. The van der Waals surface area contributed by atoms with Crippen molar-refractivity contribution in [2.45, 2.75) is 19.4 Å². The third-order valence-electron chi connectivity index (χ3n) is 4.61. The Balaban J connectivity index is 2.14. The van der Waals surface area contributed by atoms with Gasteiger partial charge in [0.25, 0.3) is 11.7 Å². The summed E-state index contributed by atoms with van der Waals surface area (Å²) in [6.45, 7) is 1.67. The lowest BCUT2D eigenvalue weighted by Gasteiger charge is -2.25. The van der Waals surface area contributed by atoms with Crippen LogP contribution in [0.25, 0.3) is 5.76 Å². The van der Waals surface area contributed by atoms with Gasteiger partial charge >= 0.3 is 0 Å². The number of hydrogen-bond acceptors (Lipinski definition) is 5. The molecule has 144 valence electrons. The van der Waals surface area contributed by atoms with Crippen molar-refractivity contribution < 1.29 is 24.6 Å². The molecule has 1 heterocycles. The summed E-state index contributed by atoms with van der Waals surface area (Å²) >= 11 is 5.93. The van der Waals surface area contributed by atoms with Crippen LogP contribution < -0.4 is 5.11 Å². The third kappa shape index (κ3) is 3.77. The minimum absolute atomic E-state index is 0.0884. The van der Waals surface area contributed by atoms with E-state index in [2.05, 4.69) is 0 Å². The molecule has 2 aromatic carbocycles. The van der Waals surface area contributed by atoms with Crippen LogP contribution in [0.1, 0.15) is 29.2 Å². The van der Waals surface area contributed by atoms with Crippen molar-refractivity contribution in [3.63, 3.8) is 0 Å². The van der Waals surface area contributed by atoms with Crippen LogP contribution in [0.4, 0.5) is 0 Å². The molecule has 1 atom stereocenters. The highest BCUT2D eigenvalue weighted by atomic mass is 35.5. The topological polar surface area (TPSA) is 97.7 Å². The number of Topliss-reactive ketones (excluding diaryl/α,β-unsaturated/α-hetero) is 1. The molecule has 0 saturated carbocycles. The van der Waals surface area contributed by atoms with Crippen molar-refractivity contribution in [1.82, 2.24) is 4.90 Å². The zero-order chi connectivity index (χ0) is 20.4. The van der Waals surface area contributed by atoms with E-state index in [4.69, 9.17) is 11.6 Å². The van der Waals surface area contributed by atoms with Crippen LogP contribution in [0, 0.1) is 6.92 Å². The molecule has 0 radical (unpaired) electrons. The van der Waals surface area contributed by atoms with Gasteiger partial charge in [-0.25, -0.2) is 0 Å². The number of carboxylic acid groups (broad SMARTS) is 1. The fraction of sp³-hybridized carbons (Fsp3) is 0.190. The van der Waals surface area contributed by atoms with Crippen molar-refractivity contribution in [2.75, 3.05) is 6.54 Å². The van der Waals surface area contributed by atoms with Crippen LogP contribution in [-0.2, 0) is 14.4 Å². The first-order valence-corrected chi connectivity index (χ1v) is 8.98. The molecule has 1 aliphatic rings. The van der Waals surface area contributed by atoms with E-state index in [0.717, 1.165) is 10.5 Å². The maximum absolute atomic E-state index is 12.7. The number of aliphatic hydroxyl groups is 1. The molecule has 1 fully saturated rings. The Morgan fingerprint density at radius 3 is 2.29 bits per heavy atom. The number of ketones is 1. The Morgan fingerprint density at radius 1 is 1.11 bits per heavy atom. The molecular formula is C21H17ClNO5-. The van der Waals surface area contributed by atoms with E-state index in [1.807, 2.05) is 6.92 Å². The summed E-state index contributed by atoms with van der Waals surface area (Å²) in [5.41, 5.74) is 1.81. The van der Waals surface area contributed by atoms with Gasteiger partial charge in [-0.2, -0.15) is 0 Å². The van der Waals surface area contributed by atoms with E-state index >= 15 is 0 Å². The number of rotatable bonds is 5. The smallest absolute Gasteiger partial charge is 0.295 e. The predicted octanol–water partition coefficient (Wildman–Crippen LogP) is 2.21. The Labute approximate surface area is 166 Å². The second-order valence-electron chi connectivity index (χ2n) is 6.53. The molecule has 1 N–H and O–H groups in total. The first-order chi connectivity index (χ1) is 13.3. The van der Waals surface area contributed by atoms with Crippen molar-refractivity contribution in [3.05, 3.63) is 75.8 Å². The molecule has 2 aromatic rings. The molecule has 0 unspecified atom stereocenters. The molecule has 0 bridgehead atoms. The van der Waals surface area contributed by atoms with E-state index in [-0.39, 0.29) is 17.9 Å². The van der Waals surface area contributed by atoms with Crippen molar-refractivity contribution >= 4 is 35.0 Å². The quantitative estimate of drug-likeness (QED) is 0.473. The second kappa shape index (κ2) is 7.86. The van der Waals surface area contributed by atoms with Crippen molar-refractivity contribution in [3.8, 4) is 0 Å². The lowest BCUT2D eigenvalue weighted by molar-refractivity contribution is -0.305. The lowest BCUT2D eigenvalue weighted by atomic mass is 9.95. The molecule has 28 heavy (non-hydrogen) atoms. The van der Waals surface area contributed by atoms with Crippen LogP contribution in [-0.4, -0.2) is 34.2 Å². The zero-order valence-corrected chi connectivity index (χ0v) is 15.8. The molecule has 7 heteroatoms. The highest BCUT2D eigenvalue weighted by Crippen LogP contribution is 2.39. The normalized spacial score (nSPS) is 18.5. The number of halogens is 1. The summed E-state index contributed by atoms with van der Waals surface area (Å²) in [5, 5.41) is 22.2. The highest BCUT2D eigenvalue weighted by molar-refractivity contribution is 6.46. The fourth-order valence-electron chi connectivity index (χ4n) is 3.18. The van der Waals surface area contributed by atoms with E-state index in [1.165, 1.54) is 0 Å². The van der Waals surface area contributed by atoms with Crippen LogP contribution in [0.3, 0.4) is 0 Å². The lowest BCUT2D eigenvalue weighted by Crippen LogP contribution is -2.34. The number of likely N-dealkylation sites (tertiary alicyclic amines) is 1. The van der Waals surface area contributed by atoms with Crippen LogP contribution in [0.2, 0.25) is 5.02 Å². The summed E-state index contributed by atoms with van der Waals surface area (Å²) < 4.78 is 0. The number of aliphatic carboxylic acids is 1. The van der Waals surface area contributed by atoms with E-state index in [1.54, 1.807) is 48.5 Å². The number of carbonyl (C=O) groups is 3. The maximum Gasteiger partial charge on any atom is 0.295 e. The number of carboxylic acids is 1. The Hall–Kier alpha value is -3.12. The van der Waals surface area contributed by atoms with Gasteiger partial charge in [-0.15, -0.1) is 0 Å². The van der Waals surface area contributed by atoms with Gasteiger partial charge in [-0.3, -0.25) is 9.59 Å². The highest BCUT2D eigenvalue weighted by Gasteiger charge is 2.45. The van der Waals surface area contributed by atoms with E-state index < -0.39 is 30.1 Å². The third-order valence-corrected chi connectivity index (χ3v) is 4.86. The van der Waals surface area contributed by atoms with Gasteiger partial charge < -0.3 is 19.9 Å². The molecule has 1 aliphatic heterocycles. The monoisotopic (exact) mass is 398 g/mol. The number of carbonyl (C=O) groups excluding carboxylic acids is 3. The summed E-state index contributed by atoms with van der Waals surface area (Å²) in [4.78, 5) is 37.3. The summed E-state index contributed by atoms with van der Waals surface area (Å²) in [6.07, 6.45) is -0.429. The van der Waals surface area contributed by atoms with Gasteiger partial charge in [-0.1, -0.05) is 53.6 Å². The standard InChI is InChI=1S/C21H18ClNO5/c1-12-2-4-14(5-3-12)19(26)17-18(13-6-8-15(22)9-7-13)23(11-10-16(24)25)21(28)20(17)27/h2-9,18,26H,10-11H2,1H3,(H,24,25)/p-1/t18-/m1/s1. The second-order valence-corrected chi connectivity index (χ2v) is 6.97. The Kier molecular flexibility index (Phi) is 5.51. The summed E-state index contributed by atoms with van der Waals surface area (Å²) in [6, 6.07) is 12.4. The van der Waals surface area contributed by atoms with Crippen LogP contribution in [0.5, 0.6) is 0 Å². The fourth-order valence-corrected chi connectivity index (χ4v) is 3.31. The average molecular weight is 399 g/mol. The van der Waals surface area contributed by atoms with E-state index in [0.29, 0.717) is 16.1 Å². The van der Waals surface area contributed by atoms with Gasteiger partial charge in [0.05, 0.1) is 11.6 Å². The maximum atomic E-state index is 12.7. The number of amides is 1. The predicted molar refractivity (Wildman–Crippen MR) is 101 cm³/mol. The van der Waals surface area contributed by atoms with Gasteiger partial charge in [0.2, 0.25) is 0 Å². The van der Waals surface area contributed by atoms with Crippen LogP contribution >= 0.6 is 11.6 Å². The molecule has 0 spiro atoms. The molecular weight excluding hydrogens is 382 g/mol. The first-order valence-electron chi connectivity index (χ1n) is 8.60. The largest absolute Gasteiger partial charge is 0.550 e. The number of aliphatic hydroxyl groups excluding tert-OH is 1. The summed E-state index contributed by atoms with van der Waals surface area (Å²) in [7, 11) is 0. The molecule has 6 nitrogen and oxygen atoms in total. The first kappa shape index (κ1) is 19.6. The van der Waals surface area contributed by atoms with Gasteiger partial charge in [-0.05, 0) is 24.6 Å². The van der Waals surface area contributed by atoms with Crippen LogP contribution in [0.15, 0.2) is 54.1 Å².